The van der Waals surface area contributed by atoms with Gasteiger partial charge in [-0.3, -0.25) is 14.3 Å². The summed E-state index contributed by atoms with van der Waals surface area (Å²) < 4.78 is 43.1. The number of aryl methyl sites for hydroxylation is 2. The monoisotopic (exact) mass is 582 g/mol. The highest BCUT2D eigenvalue weighted by Crippen LogP contribution is 2.41. The summed E-state index contributed by atoms with van der Waals surface area (Å²) in [6.07, 6.45) is 4.76. The molecule has 12 heteroatoms. The SMILES string of the molecule is COc1ccc(C(=O)Nc2ccc(Oc3cc4cnn5c4c(c3/C(C=N)=C/N)CC5)c(F)c2)c(=O)n1-c1ccc(F)cc1. The van der Waals surface area contributed by atoms with Crippen molar-refractivity contribution < 1.29 is 23.0 Å². The predicted octanol–water partition coefficient (Wildman–Crippen LogP) is 5.02. The number of nitrogens with zero attached hydrogens (tertiary/aromatic N) is 3. The molecule has 0 saturated heterocycles. The van der Waals surface area contributed by atoms with Crippen molar-refractivity contribution in [3.8, 4) is 23.1 Å². The van der Waals surface area contributed by atoms with E-state index in [2.05, 4.69) is 10.4 Å². The van der Waals surface area contributed by atoms with Crippen molar-refractivity contribution in [2.45, 2.75) is 13.0 Å². The fourth-order valence-electron chi connectivity index (χ4n) is 5.21. The van der Waals surface area contributed by atoms with Crippen LogP contribution in [0.5, 0.6) is 17.4 Å². The lowest BCUT2D eigenvalue weighted by molar-refractivity contribution is 0.102. The molecular formula is C31H24F2N6O4. The molecule has 4 N–H and O–H groups in total. The van der Waals surface area contributed by atoms with Crippen LogP contribution in [0.2, 0.25) is 0 Å². The molecule has 1 amide bonds. The van der Waals surface area contributed by atoms with Gasteiger partial charge in [-0.2, -0.15) is 5.10 Å². The molecule has 216 valence electrons. The lowest BCUT2D eigenvalue weighted by Crippen LogP contribution is -2.29. The van der Waals surface area contributed by atoms with Crippen molar-refractivity contribution >= 4 is 34.3 Å². The second-order valence-corrected chi connectivity index (χ2v) is 9.66. The van der Waals surface area contributed by atoms with Gasteiger partial charge in [0.15, 0.2) is 11.6 Å². The smallest absolute Gasteiger partial charge is 0.270 e. The maximum Gasteiger partial charge on any atom is 0.270 e. The standard InChI is InChI=1S/C31H24F2N6O4/c1-42-27-9-7-23(31(41)39(27)21-5-2-19(32)3-6-21)30(40)37-20-4-8-25(24(33)13-20)43-26-12-17-16-36-38-11-10-22(29(17)38)28(26)18(14-34)15-35/h2-9,12-16,34H,10-11,35H2,1H3,(H,37,40)/b18-15+,34-14?. The van der Waals surface area contributed by atoms with E-state index in [1.54, 1.807) is 12.3 Å². The maximum absolute atomic E-state index is 15.3. The average molecular weight is 583 g/mol. The molecule has 10 nitrogen and oxygen atoms in total. The summed E-state index contributed by atoms with van der Waals surface area (Å²) in [4.78, 5) is 26.3. The first kappa shape index (κ1) is 27.4. The Labute approximate surface area is 243 Å². The van der Waals surface area contributed by atoms with Gasteiger partial charge < -0.3 is 25.9 Å². The highest BCUT2D eigenvalue weighted by Gasteiger charge is 2.25. The topological polar surface area (TPSA) is 137 Å². The van der Waals surface area contributed by atoms with Crippen LogP contribution >= 0.6 is 0 Å². The lowest BCUT2D eigenvalue weighted by Gasteiger charge is -2.16. The van der Waals surface area contributed by atoms with Crippen LogP contribution in [0.15, 0.2) is 77.9 Å². The fourth-order valence-corrected chi connectivity index (χ4v) is 5.21. The molecule has 0 atom stereocenters. The van der Waals surface area contributed by atoms with Crippen LogP contribution in [0.25, 0.3) is 22.2 Å². The van der Waals surface area contributed by atoms with Crippen molar-refractivity contribution in [2.24, 2.45) is 5.73 Å². The van der Waals surface area contributed by atoms with Gasteiger partial charge in [0.25, 0.3) is 11.5 Å². The number of carbonyl (C=O) groups is 1. The Morgan fingerprint density at radius 3 is 2.58 bits per heavy atom. The quantitative estimate of drug-likeness (QED) is 0.220. The number of allylic oxidation sites excluding steroid dienone is 1. The van der Waals surface area contributed by atoms with Gasteiger partial charge in [-0.25, -0.2) is 13.3 Å². The number of benzene rings is 3. The number of methoxy groups -OCH3 is 1. The largest absolute Gasteiger partial charge is 0.482 e. The summed E-state index contributed by atoms with van der Waals surface area (Å²) in [7, 11) is 1.36. The van der Waals surface area contributed by atoms with Gasteiger partial charge in [0, 0.05) is 47.2 Å². The summed E-state index contributed by atoms with van der Waals surface area (Å²) in [5, 5.41) is 15.6. The Bertz CT molecular complexity index is 2010. The molecule has 0 fully saturated rings. The van der Waals surface area contributed by atoms with Gasteiger partial charge in [-0.15, -0.1) is 0 Å². The van der Waals surface area contributed by atoms with Crippen molar-refractivity contribution in [3.05, 3.63) is 112 Å². The van der Waals surface area contributed by atoms with E-state index in [9.17, 15) is 14.0 Å². The van der Waals surface area contributed by atoms with Crippen LogP contribution in [-0.2, 0) is 13.0 Å². The molecule has 6 rings (SSSR count). The van der Waals surface area contributed by atoms with Crippen molar-refractivity contribution in [1.82, 2.24) is 14.3 Å². The van der Waals surface area contributed by atoms with Crippen LogP contribution in [-0.4, -0.2) is 33.6 Å². The van der Waals surface area contributed by atoms with Gasteiger partial charge in [0.2, 0.25) is 5.88 Å². The Hall–Kier alpha value is -5.78. The second kappa shape index (κ2) is 10.9. The van der Waals surface area contributed by atoms with Crippen LogP contribution in [0.3, 0.4) is 0 Å². The molecule has 43 heavy (non-hydrogen) atoms. The minimum absolute atomic E-state index is 0.0796. The van der Waals surface area contributed by atoms with E-state index in [1.807, 2.05) is 4.68 Å². The Kier molecular flexibility index (Phi) is 6.94. The molecule has 1 aliphatic rings. The minimum atomic E-state index is -0.784. The molecule has 2 aromatic heterocycles. The summed E-state index contributed by atoms with van der Waals surface area (Å²) in [6, 6.07) is 13.4. The Balaban J connectivity index is 1.30. The third-order valence-electron chi connectivity index (χ3n) is 7.18. The number of amides is 1. The molecule has 0 bridgehead atoms. The number of halogens is 2. The molecule has 5 aromatic rings. The van der Waals surface area contributed by atoms with Gasteiger partial charge in [0.05, 0.1) is 24.5 Å². The molecule has 0 spiro atoms. The van der Waals surface area contributed by atoms with E-state index in [4.69, 9.17) is 20.6 Å². The highest BCUT2D eigenvalue weighted by atomic mass is 19.1. The normalized spacial score (nSPS) is 12.4. The Morgan fingerprint density at radius 1 is 1.09 bits per heavy atom. The number of hydrogen-bond acceptors (Lipinski definition) is 7. The number of hydrogen-bond donors (Lipinski definition) is 3. The van der Waals surface area contributed by atoms with E-state index < -0.39 is 23.1 Å². The number of ether oxygens (including phenoxy) is 2. The van der Waals surface area contributed by atoms with Crippen LogP contribution in [0, 0.1) is 17.0 Å². The molecule has 0 radical (unpaired) electrons. The van der Waals surface area contributed by atoms with Crippen molar-refractivity contribution in [3.63, 3.8) is 0 Å². The van der Waals surface area contributed by atoms with Crippen LogP contribution in [0.1, 0.15) is 21.5 Å². The molecule has 1 aliphatic heterocycles. The van der Waals surface area contributed by atoms with E-state index in [0.717, 1.165) is 33.3 Å². The zero-order valence-electron chi connectivity index (χ0n) is 22.7. The molecule has 0 saturated carbocycles. The summed E-state index contributed by atoms with van der Waals surface area (Å²) in [6.45, 7) is 0.664. The zero-order valence-corrected chi connectivity index (χ0v) is 22.7. The number of rotatable bonds is 8. The summed E-state index contributed by atoms with van der Waals surface area (Å²) >= 11 is 0. The number of nitrogens with one attached hydrogen (secondary N) is 2. The van der Waals surface area contributed by atoms with Gasteiger partial charge in [-0.05, 0) is 66.6 Å². The third-order valence-corrected chi connectivity index (χ3v) is 7.18. The number of nitrogens with two attached hydrogens (primary N) is 1. The Morgan fingerprint density at radius 2 is 1.88 bits per heavy atom. The van der Waals surface area contributed by atoms with Gasteiger partial charge in [-0.1, -0.05) is 0 Å². The average Bonchev–Trinajstić information content (AvgIpc) is 3.62. The van der Waals surface area contributed by atoms with Crippen LogP contribution < -0.4 is 26.1 Å². The molecular weight excluding hydrogens is 558 g/mol. The first-order valence-electron chi connectivity index (χ1n) is 13.1. The highest BCUT2D eigenvalue weighted by molar-refractivity contribution is 6.12. The molecule has 0 unspecified atom stereocenters. The fraction of sp³-hybridized carbons (Fsp3) is 0.0968. The minimum Gasteiger partial charge on any atom is -0.482 e. The molecule has 0 aliphatic carbocycles. The summed E-state index contributed by atoms with van der Waals surface area (Å²) in [5.41, 5.74) is 8.04. The van der Waals surface area contributed by atoms with E-state index in [-0.39, 0.29) is 22.9 Å². The third kappa shape index (κ3) is 4.78. The van der Waals surface area contributed by atoms with E-state index >= 15 is 4.39 Å². The number of aromatic nitrogens is 3. The first-order valence-corrected chi connectivity index (χ1v) is 13.1. The zero-order chi connectivity index (χ0) is 30.2. The van der Waals surface area contributed by atoms with E-state index in [1.165, 1.54) is 61.8 Å². The van der Waals surface area contributed by atoms with Gasteiger partial charge >= 0.3 is 0 Å². The number of pyridine rings is 1. The predicted molar refractivity (Wildman–Crippen MR) is 157 cm³/mol. The number of carbonyl (C=O) groups excluding carboxylic acids is 1. The van der Waals surface area contributed by atoms with Crippen molar-refractivity contribution in [1.29, 1.82) is 5.41 Å². The lowest BCUT2D eigenvalue weighted by atomic mass is 9.96. The van der Waals surface area contributed by atoms with Crippen molar-refractivity contribution in [2.75, 3.05) is 12.4 Å². The maximum atomic E-state index is 15.3. The first-order chi connectivity index (χ1) is 20.8. The molecule has 3 heterocycles. The summed E-state index contributed by atoms with van der Waals surface area (Å²) in [5.74, 6) is -1.73. The number of anilines is 1. The molecule has 3 aromatic carbocycles. The second-order valence-electron chi connectivity index (χ2n) is 9.66. The van der Waals surface area contributed by atoms with Crippen LogP contribution in [0.4, 0.5) is 14.5 Å². The van der Waals surface area contributed by atoms with Gasteiger partial charge in [0.1, 0.15) is 17.1 Å². The van der Waals surface area contributed by atoms with E-state index in [0.29, 0.717) is 35.5 Å².